The molecule has 0 saturated carbocycles. The van der Waals surface area contributed by atoms with Crippen LogP contribution in [0.1, 0.15) is 30.0 Å². The molecule has 3 aromatic rings. The van der Waals surface area contributed by atoms with Crippen LogP contribution in [-0.2, 0) is 22.6 Å². The first-order valence-corrected chi connectivity index (χ1v) is 9.83. The van der Waals surface area contributed by atoms with E-state index in [2.05, 4.69) is 5.10 Å². The number of carbonyl (C=O) groups is 1. The van der Waals surface area contributed by atoms with Crippen molar-refractivity contribution in [1.29, 1.82) is 0 Å². The average Bonchev–Trinajstić information content (AvgIpc) is 3.24. The molecule has 29 heavy (non-hydrogen) atoms. The summed E-state index contributed by atoms with van der Waals surface area (Å²) in [6.07, 6.45) is 5.68. The van der Waals surface area contributed by atoms with Gasteiger partial charge in [-0.15, -0.1) is 0 Å². The van der Waals surface area contributed by atoms with Gasteiger partial charge in [-0.25, -0.2) is 0 Å². The molecule has 0 aliphatic carbocycles. The van der Waals surface area contributed by atoms with Gasteiger partial charge in [0.1, 0.15) is 12.4 Å². The van der Waals surface area contributed by atoms with Gasteiger partial charge in [0, 0.05) is 30.5 Å². The van der Waals surface area contributed by atoms with Crippen molar-refractivity contribution in [2.75, 3.05) is 13.2 Å². The second-order valence-corrected chi connectivity index (χ2v) is 7.22. The van der Waals surface area contributed by atoms with Crippen molar-refractivity contribution in [3.63, 3.8) is 0 Å². The van der Waals surface area contributed by atoms with E-state index in [1.54, 1.807) is 0 Å². The Morgan fingerprint density at radius 1 is 1.14 bits per heavy atom. The molecule has 1 aliphatic heterocycles. The second kappa shape index (κ2) is 8.92. The van der Waals surface area contributed by atoms with Crippen molar-refractivity contribution >= 4 is 5.97 Å². The molecule has 0 amide bonds. The summed E-state index contributed by atoms with van der Waals surface area (Å²) in [6, 6.07) is 15.9. The van der Waals surface area contributed by atoms with Crippen LogP contribution in [0.3, 0.4) is 0 Å². The summed E-state index contributed by atoms with van der Waals surface area (Å²) < 4.78 is 13.3. The summed E-state index contributed by atoms with van der Waals surface area (Å²) in [5.41, 5.74) is 3.60. The van der Waals surface area contributed by atoms with Crippen LogP contribution in [0.5, 0.6) is 5.75 Å². The van der Waals surface area contributed by atoms with Crippen LogP contribution in [0.25, 0.3) is 11.1 Å². The van der Waals surface area contributed by atoms with E-state index < -0.39 is 5.97 Å². The Labute approximate surface area is 169 Å². The van der Waals surface area contributed by atoms with Crippen molar-refractivity contribution in [2.24, 2.45) is 0 Å². The number of carboxylic acids is 1. The fraction of sp³-hybridized carbons (Fsp3) is 0.304. The van der Waals surface area contributed by atoms with Gasteiger partial charge in [0.05, 0.1) is 18.7 Å². The molecule has 6 nitrogen and oxygen atoms in total. The Morgan fingerprint density at radius 2 is 1.93 bits per heavy atom. The summed E-state index contributed by atoms with van der Waals surface area (Å²) >= 11 is 0. The molecule has 2 aromatic carbocycles. The molecule has 0 atom stereocenters. The summed E-state index contributed by atoms with van der Waals surface area (Å²) in [5.74, 6) is -0.290. The zero-order chi connectivity index (χ0) is 20.1. The third-order valence-corrected chi connectivity index (χ3v) is 5.14. The molecule has 1 aliphatic rings. The molecule has 0 bridgehead atoms. The van der Waals surface area contributed by atoms with E-state index >= 15 is 0 Å². The minimum atomic E-state index is -0.885. The van der Waals surface area contributed by atoms with Gasteiger partial charge in [-0.05, 0) is 36.1 Å². The van der Waals surface area contributed by atoms with Gasteiger partial charge in [0.2, 0.25) is 0 Å². The Hall–Kier alpha value is -3.12. The molecular formula is C23H24N2O4. The summed E-state index contributed by atoms with van der Waals surface area (Å²) in [4.78, 5) is 11.4. The Balaban J connectivity index is 1.55. The fourth-order valence-electron chi connectivity index (χ4n) is 3.57. The number of carboxylic acid groups (broad SMARTS) is 1. The maximum atomic E-state index is 11.4. The van der Waals surface area contributed by atoms with Gasteiger partial charge >= 0.3 is 5.97 Å². The minimum absolute atomic E-state index is 0.0912. The molecule has 0 spiro atoms. The van der Waals surface area contributed by atoms with Crippen LogP contribution in [0.4, 0.5) is 0 Å². The van der Waals surface area contributed by atoms with E-state index in [-0.39, 0.29) is 6.42 Å². The second-order valence-electron chi connectivity index (χ2n) is 7.22. The molecule has 150 valence electrons. The van der Waals surface area contributed by atoms with Crippen LogP contribution in [0.2, 0.25) is 0 Å². The Morgan fingerprint density at radius 3 is 2.69 bits per heavy atom. The van der Waals surface area contributed by atoms with Gasteiger partial charge in [0.25, 0.3) is 0 Å². The zero-order valence-corrected chi connectivity index (χ0v) is 16.2. The first kappa shape index (κ1) is 19.2. The molecule has 6 heteroatoms. The fourth-order valence-corrected chi connectivity index (χ4v) is 3.57. The van der Waals surface area contributed by atoms with E-state index in [9.17, 15) is 9.90 Å². The number of aliphatic carboxylic acids is 1. The highest BCUT2D eigenvalue weighted by molar-refractivity contribution is 5.73. The molecule has 2 heterocycles. The maximum Gasteiger partial charge on any atom is 0.307 e. The first-order valence-electron chi connectivity index (χ1n) is 9.83. The number of nitrogens with zero attached hydrogens (tertiary/aromatic N) is 2. The lowest BCUT2D eigenvalue weighted by atomic mass is 10.0. The van der Waals surface area contributed by atoms with E-state index in [0.717, 1.165) is 42.7 Å². The molecule has 0 unspecified atom stereocenters. The lowest BCUT2D eigenvalue weighted by Crippen LogP contribution is -2.19. The van der Waals surface area contributed by atoms with Gasteiger partial charge in [-0.2, -0.15) is 5.10 Å². The van der Waals surface area contributed by atoms with E-state index in [1.807, 2.05) is 65.6 Å². The zero-order valence-electron chi connectivity index (χ0n) is 16.2. The monoisotopic (exact) mass is 392 g/mol. The molecule has 1 fully saturated rings. The van der Waals surface area contributed by atoms with E-state index in [0.29, 0.717) is 24.0 Å². The van der Waals surface area contributed by atoms with Crippen molar-refractivity contribution in [3.05, 3.63) is 72.1 Å². The predicted molar refractivity (Wildman–Crippen MR) is 109 cm³/mol. The molecule has 1 aromatic heterocycles. The first-order chi connectivity index (χ1) is 14.2. The quantitative estimate of drug-likeness (QED) is 0.655. The van der Waals surface area contributed by atoms with Crippen molar-refractivity contribution in [1.82, 2.24) is 9.78 Å². The summed E-state index contributed by atoms with van der Waals surface area (Å²) in [7, 11) is 0. The number of benzene rings is 2. The normalized spacial score (nSPS) is 14.6. The van der Waals surface area contributed by atoms with Crippen LogP contribution in [0.15, 0.2) is 60.9 Å². The summed E-state index contributed by atoms with van der Waals surface area (Å²) in [5, 5.41) is 13.8. The molecule has 1 saturated heterocycles. The van der Waals surface area contributed by atoms with Gasteiger partial charge < -0.3 is 14.6 Å². The van der Waals surface area contributed by atoms with Crippen molar-refractivity contribution in [3.8, 4) is 16.9 Å². The highest BCUT2D eigenvalue weighted by Gasteiger charge is 2.17. The third-order valence-electron chi connectivity index (χ3n) is 5.14. The van der Waals surface area contributed by atoms with Crippen molar-refractivity contribution < 1.29 is 19.4 Å². The Bertz CT molecular complexity index is 962. The number of aromatic nitrogens is 2. The highest BCUT2D eigenvalue weighted by Crippen LogP contribution is 2.29. The number of rotatable bonds is 7. The standard InChI is InChI=1S/C23H24N2O4/c26-23(27)13-19-12-18(6-7-22(19)29-16-17-4-2-1-3-5-17)20-14-24-25(15-20)21-8-10-28-11-9-21/h1-7,12,14-15,21H,8-11,13,16H2,(H,26,27). The highest BCUT2D eigenvalue weighted by atomic mass is 16.5. The van der Waals surface area contributed by atoms with Gasteiger partial charge in [-0.1, -0.05) is 36.4 Å². The van der Waals surface area contributed by atoms with Crippen LogP contribution in [0, 0.1) is 0 Å². The number of hydrogen-bond donors (Lipinski definition) is 1. The van der Waals surface area contributed by atoms with Crippen LogP contribution < -0.4 is 4.74 Å². The van der Waals surface area contributed by atoms with Crippen LogP contribution >= 0.6 is 0 Å². The van der Waals surface area contributed by atoms with E-state index in [1.165, 1.54) is 0 Å². The van der Waals surface area contributed by atoms with E-state index in [4.69, 9.17) is 9.47 Å². The smallest absolute Gasteiger partial charge is 0.307 e. The molecule has 4 rings (SSSR count). The van der Waals surface area contributed by atoms with Crippen molar-refractivity contribution in [2.45, 2.75) is 31.9 Å². The SMILES string of the molecule is O=C(O)Cc1cc(-c2cnn(C3CCOCC3)c2)ccc1OCc1ccccc1. The average molecular weight is 392 g/mol. The summed E-state index contributed by atoms with van der Waals surface area (Å²) in [6.45, 7) is 1.92. The largest absolute Gasteiger partial charge is 0.489 e. The maximum absolute atomic E-state index is 11.4. The van der Waals surface area contributed by atoms with Gasteiger partial charge in [0.15, 0.2) is 0 Å². The lowest BCUT2D eigenvalue weighted by Gasteiger charge is -2.22. The lowest BCUT2D eigenvalue weighted by molar-refractivity contribution is -0.136. The molecule has 1 N–H and O–H groups in total. The number of hydrogen-bond acceptors (Lipinski definition) is 4. The Kier molecular flexibility index (Phi) is 5.91. The molecular weight excluding hydrogens is 368 g/mol. The van der Waals surface area contributed by atoms with Crippen LogP contribution in [-0.4, -0.2) is 34.1 Å². The topological polar surface area (TPSA) is 73.6 Å². The number of ether oxygens (including phenoxy) is 2. The predicted octanol–water partition coefficient (Wildman–Crippen LogP) is 4.11. The molecule has 0 radical (unpaired) electrons. The minimum Gasteiger partial charge on any atom is -0.489 e. The third kappa shape index (κ3) is 4.84. The van der Waals surface area contributed by atoms with Gasteiger partial charge in [-0.3, -0.25) is 9.48 Å².